The van der Waals surface area contributed by atoms with Crippen LogP contribution in [0, 0.1) is 0 Å². The Morgan fingerprint density at radius 3 is 2.56 bits per heavy atom. The Bertz CT molecular complexity index is 1110. The van der Waals surface area contributed by atoms with Gasteiger partial charge in [0.15, 0.2) is 0 Å². The van der Waals surface area contributed by atoms with E-state index in [-0.39, 0.29) is 0 Å². The Balaban J connectivity index is 1.74. The first-order chi connectivity index (χ1) is 13.3. The van der Waals surface area contributed by atoms with Crippen molar-refractivity contribution < 1.29 is 0 Å². The highest BCUT2D eigenvalue weighted by Gasteiger charge is 2.21. The van der Waals surface area contributed by atoms with Crippen LogP contribution in [0.1, 0.15) is 32.1 Å². The highest BCUT2D eigenvalue weighted by Crippen LogP contribution is 2.33. The molecule has 0 atom stereocenters. The third kappa shape index (κ3) is 2.89. The second-order valence-electron chi connectivity index (χ2n) is 7.70. The summed E-state index contributed by atoms with van der Waals surface area (Å²) in [5.41, 5.74) is 4.57. The third-order valence-electron chi connectivity index (χ3n) is 5.86. The van der Waals surface area contributed by atoms with Crippen LogP contribution >= 0.6 is 0 Å². The summed E-state index contributed by atoms with van der Waals surface area (Å²) in [5, 5.41) is 6.30. The lowest BCUT2D eigenvalue weighted by Gasteiger charge is -2.24. The number of nitrogens with zero attached hydrogens (tertiary/aromatic N) is 2. The van der Waals surface area contributed by atoms with Crippen LogP contribution in [0.15, 0.2) is 60.8 Å². The lowest BCUT2D eigenvalue weighted by atomic mass is 9.89. The fraction of sp³-hybridized carbons (Fsp3) is 0.261. The van der Waals surface area contributed by atoms with E-state index in [1.165, 1.54) is 53.9 Å². The molecule has 1 aliphatic rings. The van der Waals surface area contributed by atoms with Gasteiger partial charge < -0.3 is 5.32 Å². The van der Waals surface area contributed by atoms with Gasteiger partial charge in [0.05, 0.1) is 0 Å². The van der Waals surface area contributed by atoms with E-state index in [9.17, 15) is 0 Å². The smallest absolute Gasteiger partial charge is 0.147 e. The van der Waals surface area contributed by atoms with Crippen molar-refractivity contribution >= 4 is 35.5 Å². The molecule has 134 valence electrons. The quantitative estimate of drug-likeness (QED) is 0.561. The van der Waals surface area contributed by atoms with Crippen LogP contribution in [0.4, 0.5) is 5.82 Å². The lowest BCUT2D eigenvalue weighted by Crippen LogP contribution is -2.23. The minimum absolute atomic E-state index is 0.535. The van der Waals surface area contributed by atoms with Crippen LogP contribution in [0.5, 0.6) is 0 Å². The van der Waals surface area contributed by atoms with Crippen LogP contribution in [0.25, 0.3) is 27.7 Å². The SMILES string of the molecule is Bc1ccccc1-c1nc2c3ccccc3ccn2c1NC1CCCCC1. The molecule has 1 N–H and O–H groups in total. The number of anilines is 1. The number of fused-ring (bicyclic) bond motifs is 3. The molecule has 0 bridgehead atoms. The largest absolute Gasteiger partial charge is 0.367 e. The van der Waals surface area contributed by atoms with E-state index < -0.39 is 0 Å². The fourth-order valence-electron chi connectivity index (χ4n) is 4.37. The van der Waals surface area contributed by atoms with Crippen molar-refractivity contribution in [3.8, 4) is 11.3 Å². The van der Waals surface area contributed by atoms with Gasteiger partial charge in [-0.2, -0.15) is 0 Å². The van der Waals surface area contributed by atoms with Crippen molar-refractivity contribution in [1.82, 2.24) is 9.38 Å². The van der Waals surface area contributed by atoms with Crippen LogP contribution in [0.3, 0.4) is 0 Å². The van der Waals surface area contributed by atoms with Crippen molar-refractivity contribution in [3.05, 3.63) is 60.8 Å². The van der Waals surface area contributed by atoms with E-state index in [4.69, 9.17) is 4.98 Å². The monoisotopic (exact) mass is 353 g/mol. The summed E-state index contributed by atoms with van der Waals surface area (Å²) in [7, 11) is 2.17. The van der Waals surface area contributed by atoms with Gasteiger partial charge in [-0.25, -0.2) is 4.98 Å². The molecule has 0 radical (unpaired) electrons. The number of hydrogen-bond acceptors (Lipinski definition) is 2. The minimum atomic E-state index is 0.535. The molecule has 0 spiro atoms. The highest BCUT2D eigenvalue weighted by molar-refractivity contribution is 6.36. The average molecular weight is 353 g/mol. The zero-order valence-electron chi connectivity index (χ0n) is 15.8. The van der Waals surface area contributed by atoms with Gasteiger partial charge in [-0.3, -0.25) is 4.40 Å². The summed E-state index contributed by atoms with van der Waals surface area (Å²) in [5.74, 6) is 1.14. The van der Waals surface area contributed by atoms with E-state index in [0.717, 1.165) is 17.2 Å². The van der Waals surface area contributed by atoms with Gasteiger partial charge in [0.1, 0.15) is 25.0 Å². The normalized spacial score (nSPS) is 15.4. The molecule has 0 saturated heterocycles. The second-order valence-corrected chi connectivity index (χ2v) is 7.70. The maximum atomic E-state index is 5.14. The predicted molar refractivity (Wildman–Crippen MR) is 117 cm³/mol. The maximum Gasteiger partial charge on any atom is 0.147 e. The molecule has 0 aliphatic heterocycles. The Labute approximate surface area is 160 Å². The summed E-state index contributed by atoms with van der Waals surface area (Å²) in [4.78, 5) is 5.14. The van der Waals surface area contributed by atoms with Crippen LogP contribution in [0.2, 0.25) is 0 Å². The summed E-state index contributed by atoms with van der Waals surface area (Å²) in [6, 6.07) is 19.8. The number of hydrogen-bond donors (Lipinski definition) is 1. The molecule has 5 rings (SSSR count). The minimum Gasteiger partial charge on any atom is -0.367 e. The number of aromatic nitrogens is 2. The van der Waals surface area contributed by atoms with E-state index in [0.29, 0.717) is 6.04 Å². The van der Waals surface area contributed by atoms with Crippen LogP contribution in [-0.4, -0.2) is 23.3 Å². The van der Waals surface area contributed by atoms with Crippen molar-refractivity contribution in [3.63, 3.8) is 0 Å². The van der Waals surface area contributed by atoms with Gasteiger partial charge in [-0.15, -0.1) is 0 Å². The number of pyridine rings is 1. The second kappa shape index (κ2) is 6.77. The van der Waals surface area contributed by atoms with Gasteiger partial charge in [0, 0.05) is 17.6 Å². The van der Waals surface area contributed by atoms with Gasteiger partial charge in [-0.05, 0) is 29.9 Å². The molecule has 27 heavy (non-hydrogen) atoms. The summed E-state index contributed by atoms with van der Waals surface area (Å²) >= 11 is 0. The third-order valence-corrected chi connectivity index (χ3v) is 5.86. The first-order valence-electron chi connectivity index (χ1n) is 10.0. The highest BCUT2D eigenvalue weighted by atomic mass is 15.1. The molecular formula is C23H24BN3. The van der Waals surface area contributed by atoms with E-state index in [2.05, 4.69) is 78.4 Å². The predicted octanol–water partition coefficient (Wildman–Crippen LogP) is 4.16. The number of imidazole rings is 1. The summed E-state index contributed by atoms with van der Waals surface area (Å²) in [6.45, 7) is 0. The molecule has 1 saturated carbocycles. The molecule has 1 fully saturated rings. The Kier molecular flexibility index (Phi) is 4.12. The zero-order chi connectivity index (χ0) is 18.2. The van der Waals surface area contributed by atoms with E-state index in [1.807, 2.05) is 0 Å². The van der Waals surface area contributed by atoms with Crippen molar-refractivity contribution in [2.45, 2.75) is 38.1 Å². The standard InChI is InChI=1S/C23H24BN3/c24-20-13-7-6-12-19(20)21-23(25-17-9-2-1-3-10-17)27-15-14-16-8-4-5-11-18(16)22(27)26-21/h4-8,11-15,17,25H,1-3,9-10,24H2. The van der Waals surface area contributed by atoms with Crippen LogP contribution in [-0.2, 0) is 0 Å². The van der Waals surface area contributed by atoms with Gasteiger partial charge in [0.25, 0.3) is 0 Å². The molecule has 0 amide bonds. The molecule has 4 heteroatoms. The molecule has 2 aromatic heterocycles. The fourth-order valence-corrected chi connectivity index (χ4v) is 4.37. The molecule has 4 aromatic rings. The topological polar surface area (TPSA) is 29.3 Å². The van der Waals surface area contributed by atoms with E-state index in [1.54, 1.807) is 0 Å². The first-order valence-corrected chi connectivity index (χ1v) is 10.0. The Morgan fingerprint density at radius 2 is 1.70 bits per heavy atom. The van der Waals surface area contributed by atoms with Crippen molar-refractivity contribution in [2.75, 3.05) is 5.32 Å². The summed E-state index contributed by atoms with van der Waals surface area (Å²) in [6.07, 6.45) is 8.65. The maximum absolute atomic E-state index is 5.14. The molecule has 0 unspecified atom stereocenters. The Morgan fingerprint density at radius 1 is 0.926 bits per heavy atom. The van der Waals surface area contributed by atoms with Crippen molar-refractivity contribution in [2.24, 2.45) is 0 Å². The van der Waals surface area contributed by atoms with Gasteiger partial charge in [0.2, 0.25) is 0 Å². The average Bonchev–Trinajstić information content (AvgIpc) is 3.08. The molecule has 3 nitrogen and oxygen atoms in total. The summed E-state index contributed by atoms with van der Waals surface area (Å²) < 4.78 is 2.25. The zero-order valence-corrected chi connectivity index (χ0v) is 15.8. The molecule has 2 aromatic carbocycles. The number of rotatable bonds is 3. The van der Waals surface area contributed by atoms with E-state index >= 15 is 0 Å². The number of benzene rings is 2. The lowest BCUT2D eigenvalue weighted by molar-refractivity contribution is 0.462. The first kappa shape index (κ1) is 16.4. The molecular weight excluding hydrogens is 329 g/mol. The molecule has 1 aliphatic carbocycles. The van der Waals surface area contributed by atoms with Crippen molar-refractivity contribution in [1.29, 1.82) is 0 Å². The number of nitrogens with one attached hydrogen (secondary N) is 1. The van der Waals surface area contributed by atoms with Gasteiger partial charge in [-0.1, -0.05) is 73.3 Å². The molecule has 2 heterocycles. The van der Waals surface area contributed by atoms with Gasteiger partial charge >= 0.3 is 0 Å². The van der Waals surface area contributed by atoms with Crippen LogP contribution < -0.4 is 10.8 Å². The Hall–Kier alpha value is -2.75.